The number of para-hydroxylation sites is 1. The Morgan fingerprint density at radius 1 is 1.12 bits per heavy atom. The van der Waals surface area contributed by atoms with E-state index >= 15 is 0 Å². The van der Waals surface area contributed by atoms with Crippen molar-refractivity contribution in [3.63, 3.8) is 0 Å². The molecule has 3 fully saturated rings. The van der Waals surface area contributed by atoms with Crippen LogP contribution >= 0.6 is 11.3 Å². The summed E-state index contributed by atoms with van der Waals surface area (Å²) >= 11 is 1.83. The summed E-state index contributed by atoms with van der Waals surface area (Å²) in [6, 6.07) is 8.40. The highest BCUT2D eigenvalue weighted by atomic mass is 32.1. The van der Waals surface area contributed by atoms with Crippen LogP contribution in [-0.4, -0.2) is 28.9 Å². The van der Waals surface area contributed by atoms with Crippen molar-refractivity contribution in [1.29, 1.82) is 0 Å². The van der Waals surface area contributed by atoms with Crippen LogP contribution in [0.5, 0.6) is 0 Å². The quantitative estimate of drug-likeness (QED) is 0.791. The SMILES string of the molecule is O=C(C[C@@H]1C[C@H]2CC[C@@H]1C2)N1CCC(c2nc3ccccc3s2)CC1. The van der Waals surface area contributed by atoms with Crippen LogP contribution in [0.25, 0.3) is 10.2 Å². The van der Waals surface area contributed by atoms with Crippen molar-refractivity contribution in [3.05, 3.63) is 29.3 Å². The maximum atomic E-state index is 12.7. The molecule has 132 valence electrons. The van der Waals surface area contributed by atoms with Gasteiger partial charge in [0.15, 0.2) is 0 Å². The molecule has 0 unspecified atom stereocenters. The minimum Gasteiger partial charge on any atom is -0.343 e. The van der Waals surface area contributed by atoms with Gasteiger partial charge in [0.25, 0.3) is 0 Å². The van der Waals surface area contributed by atoms with Crippen LogP contribution in [0.3, 0.4) is 0 Å². The van der Waals surface area contributed by atoms with Crippen LogP contribution in [0.15, 0.2) is 24.3 Å². The van der Waals surface area contributed by atoms with Gasteiger partial charge in [0, 0.05) is 25.4 Å². The summed E-state index contributed by atoms with van der Waals surface area (Å²) in [5, 5.41) is 1.27. The van der Waals surface area contributed by atoms with E-state index in [4.69, 9.17) is 4.98 Å². The summed E-state index contributed by atoms with van der Waals surface area (Å²) in [5.74, 6) is 3.43. The van der Waals surface area contributed by atoms with Crippen LogP contribution in [0.2, 0.25) is 0 Å². The van der Waals surface area contributed by atoms with Crippen LogP contribution in [0.4, 0.5) is 0 Å². The lowest BCUT2D eigenvalue weighted by Gasteiger charge is -2.32. The average Bonchev–Trinajstić information content (AvgIpc) is 3.36. The lowest BCUT2D eigenvalue weighted by Crippen LogP contribution is -2.39. The summed E-state index contributed by atoms with van der Waals surface area (Å²) in [6.07, 6.45) is 8.47. The number of nitrogens with zero attached hydrogens (tertiary/aromatic N) is 2. The number of hydrogen-bond donors (Lipinski definition) is 0. The largest absolute Gasteiger partial charge is 0.343 e. The van der Waals surface area contributed by atoms with Gasteiger partial charge in [-0.3, -0.25) is 4.79 Å². The summed E-state index contributed by atoms with van der Waals surface area (Å²) in [5.41, 5.74) is 1.12. The number of carbonyl (C=O) groups excluding carboxylic acids is 1. The smallest absolute Gasteiger partial charge is 0.222 e. The van der Waals surface area contributed by atoms with E-state index in [0.29, 0.717) is 17.7 Å². The van der Waals surface area contributed by atoms with Gasteiger partial charge in [-0.25, -0.2) is 4.98 Å². The first kappa shape index (κ1) is 15.8. The van der Waals surface area contributed by atoms with Crippen molar-refractivity contribution >= 4 is 27.5 Å². The highest BCUT2D eigenvalue weighted by molar-refractivity contribution is 7.18. The van der Waals surface area contributed by atoms with Gasteiger partial charge in [-0.2, -0.15) is 0 Å². The molecule has 4 heteroatoms. The summed E-state index contributed by atoms with van der Waals surface area (Å²) in [7, 11) is 0. The molecule has 0 N–H and O–H groups in total. The average molecular weight is 355 g/mol. The first-order chi connectivity index (χ1) is 12.3. The molecule has 2 bridgehead atoms. The fourth-order valence-electron chi connectivity index (χ4n) is 5.42. The molecule has 2 saturated carbocycles. The van der Waals surface area contributed by atoms with E-state index < -0.39 is 0 Å². The zero-order valence-corrected chi connectivity index (χ0v) is 15.5. The Morgan fingerprint density at radius 3 is 2.68 bits per heavy atom. The monoisotopic (exact) mass is 354 g/mol. The van der Waals surface area contributed by atoms with Gasteiger partial charge in [-0.05, 0) is 62.0 Å². The Kier molecular flexibility index (Phi) is 4.04. The third-order valence-corrected chi connectivity index (χ3v) is 8.03. The molecule has 3 nitrogen and oxygen atoms in total. The van der Waals surface area contributed by atoms with E-state index in [9.17, 15) is 4.79 Å². The molecule has 5 rings (SSSR count). The first-order valence-electron chi connectivity index (χ1n) is 9.89. The number of piperidine rings is 1. The molecule has 1 amide bonds. The molecule has 25 heavy (non-hydrogen) atoms. The number of hydrogen-bond acceptors (Lipinski definition) is 3. The molecule has 1 aliphatic heterocycles. The highest BCUT2D eigenvalue weighted by Gasteiger charge is 2.40. The molecule has 1 aromatic heterocycles. The molecule has 2 aliphatic carbocycles. The molecule has 0 radical (unpaired) electrons. The normalized spacial score (nSPS) is 29.6. The molecule has 1 aromatic carbocycles. The van der Waals surface area contributed by atoms with Gasteiger partial charge in [0.1, 0.15) is 0 Å². The second kappa shape index (κ2) is 6.39. The van der Waals surface area contributed by atoms with Crippen LogP contribution in [0.1, 0.15) is 55.9 Å². The molecule has 3 atom stereocenters. The zero-order chi connectivity index (χ0) is 16.8. The number of rotatable bonds is 3. The Balaban J connectivity index is 1.18. The number of likely N-dealkylation sites (tertiary alicyclic amines) is 1. The van der Waals surface area contributed by atoms with Gasteiger partial charge in [0.2, 0.25) is 5.91 Å². The number of fused-ring (bicyclic) bond motifs is 3. The minimum absolute atomic E-state index is 0.417. The lowest BCUT2D eigenvalue weighted by molar-refractivity contribution is -0.133. The van der Waals surface area contributed by atoms with Crippen LogP contribution < -0.4 is 0 Å². The van der Waals surface area contributed by atoms with Crippen molar-refractivity contribution in [3.8, 4) is 0 Å². The second-order valence-corrected chi connectivity index (χ2v) is 9.38. The second-order valence-electron chi connectivity index (χ2n) is 8.31. The predicted octanol–water partition coefficient (Wildman–Crippen LogP) is 4.83. The van der Waals surface area contributed by atoms with E-state index in [0.717, 1.165) is 49.7 Å². The third kappa shape index (κ3) is 2.99. The van der Waals surface area contributed by atoms with Gasteiger partial charge in [0.05, 0.1) is 15.2 Å². The fourth-order valence-corrected chi connectivity index (χ4v) is 6.56. The molecule has 3 aliphatic rings. The highest BCUT2D eigenvalue weighted by Crippen LogP contribution is 2.49. The predicted molar refractivity (Wildman–Crippen MR) is 102 cm³/mol. The number of amides is 1. The van der Waals surface area contributed by atoms with Crippen molar-refractivity contribution in [2.45, 2.75) is 50.9 Å². The van der Waals surface area contributed by atoms with Crippen molar-refractivity contribution in [2.75, 3.05) is 13.1 Å². The molecule has 2 heterocycles. The minimum atomic E-state index is 0.417. The first-order valence-corrected chi connectivity index (χ1v) is 10.7. The van der Waals surface area contributed by atoms with Gasteiger partial charge < -0.3 is 4.90 Å². The van der Waals surface area contributed by atoms with Gasteiger partial charge in [-0.1, -0.05) is 18.6 Å². The Bertz CT molecular complexity index is 744. The van der Waals surface area contributed by atoms with Crippen molar-refractivity contribution in [1.82, 2.24) is 9.88 Å². The molecular weight excluding hydrogens is 328 g/mol. The zero-order valence-electron chi connectivity index (χ0n) is 14.7. The third-order valence-electron chi connectivity index (χ3n) is 6.83. The number of carbonyl (C=O) groups is 1. The van der Waals surface area contributed by atoms with Crippen LogP contribution in [0, 0.1) is 17.8 Å². The lowest BCUT2D eigenvalue weighted by atomic mass is 9.86. The van der Waals surface area contributed by atoms with Crippen LogP contribution in [-0.2, 0) is 4.79 Å². The Labute approximate surface area is 153 Å². The van der Waals surface area contributed by atoms with Gasteiger partial charge in [-0.15, -0.1) is 11.3 Å². The summed E-state index contributed by atoms with van der Waals surface area (Å²) in [4.78, 5) is 19.7. The summed E-state index contributed by atoms with van der Waals surface area (Å²) < 4.78 is 1.28. The molecule has 0 spiro atoms. The van der Waals surface area contributed by atoms with E-state index in [-0.39, 0.29) is 0 Å². The summed E-state index contributed by atoms with van der Waals surface area (Å²) in [6.45, 7) is 1.83. The number of benzene rings is 1. The maximum absolute atomic E-state index is 12.7. The number of thiazole rings is 1. The Hall–Kier alpha value is -1.42. The molecule has 2 aromatic rings. The van der Waals surface area contributed by atoms with Crippen molar-refractivity contribution in [2.24, 2.45) is 17.8 Å². The topological polar surface area (TPSA) is 33.2 Å². The Morgan fingerprint density at radius 2 is 1.96 bits per heavy atom. The van der Waals surface area contributed by atoms with E-state index in [1.54, 1.807) is 0 Å². The van der Waals surface area contributed by atoms with E-state index in [1.807, 2.05) is 11.3 Å². The fraction of sp³-hybridized carbons (Fsp3) is 0.619. The molecule has 1 saturated heterocycles. The van der Waals surface area contributed by atoms with E-state index in [2.05, 4.69) is 29.2 Å². The van der Waals surface area contributed by atoms with Gasteiger partial charge >= 0.3 is 0 Å². The van der Waals surface area contributed by atoms with Crippen molar-refractivity contribution < 1.29 is 4.79 Å². The molecular formula is C21H26N2OS. The van der Waals surface area contributed by atoms with E-state index in [1.165, 1.54) is 35.4 Å². The standard InChI is InChI=1S/C21H26N2OS/c24-20(13-17-12-14-5-6-16(17)11-14)23-9-7-15(8-10-23)21-22-18-3-1-2-4-19(18)25-21/h1-4,14-17H,5-13H2/t14-,16+,17-/m0/s1. The maximum Gasteiger partial charge on any atom is 0.222 e. The number of aromatic nitrogens is 1.